The molecule has 6 unspecified atom stereocenters. The maximum absolute atomic E-state index is 11.6. The van der Waals surface area contributed by atoms with Crippen molar-refractivity contribution in [3.05, 3.63) is 237 Å². The van der Waals surface area contributed by atoms with E-state index >= 15 is 0 Å². The van der Waals surface area contributed by atoms with Crippen molar-refractivity contribution < 1.29 is 87.1 Å². The zero-order valence-corrected chi connectivity index (χ0v) is 55.9. The fourth-order valence-electron chi connectivity index (χ4n) is 14.2. The first kappa shape index (κ1) is 65.0. The Kier molecular flexibility index (Phi) is 20.1. The van der Waals surface area contributed by atoms with Crippen LogP contribution in [0.15, 0.2) is 170 Å². The van der Waals surface area contributed by atoms with Crippen molar-refractivity contribution >= 4 is 11.6 Å². The summed E-state index contributed by atoms with van der Waals surface area (Å²) in [7, 11) is 8.34. The Morgan fingerprint density at radius 1 is 0.443 bits per heavy atom. The van der Waals surface area contributed by atoms with Gasteiger partial charge in [0.25, 0.3) is 0 Å². The Hall–Kier alpha value is -5.98. The van der Waals surface area contributed by atoms with Gasteiger partial charge in [0.1, 0.15) is 62.8 Å². The molecule has 0 saturated carbocycles. The van der Waals surface area contributed by atoms with Crippen LogP contribution in [0.25, 0.3) is 11.6 Å². The Balaban J connectivity index is 0.000000140. The van der Waals surface area contributed by atoms with Gasteiger partial charge in [0.2, 0.25) is 0 Å². The minimum Gasteiger partial charge on any atom is -1.00 e. The van der Waals surface area contributed by atoms with Gasteiger partial charge in [-0.2, -0.15) is 0 Å². The van der Waals surface area contributed by atoms with E-state index in [9.17, 15) is 15.3 Å². The van der Waals surface area contributed by atoms with Crippen molar-refractivity contribution in [2.45, 2.75) is 87.9 Å². The first-order valence-corrected chi connectivity index (χ1v) is 30.6. The second-order valence-electron chi connectivity index (χ2n) is 24.9. The molecule has 7 aliphatic rings. The molecule has 0 spiro atoms. The Bertz CT molecular complexity index is 3550. The van der Waals surface area contributed by atoms with Gasteiger partial charge >= 0.3 is 51.4 Å². The smallest absolute Gasteiger partial charge is 1.00 e. The molecule has 7 heterocycles. The molecule has 7 N–H and O–H groups in total. The molecule has 88 heavy (non-hydrogen) atoms. The van der Waals surface area contributed by atoms with Gasteiger partial charge in [-0.05, 0) is 146 Å². The third-order valence-electron chi connectivity index (χ3n) is 19.0. The molecule has 0 bridgehead atoms. The summed E-state index contributed by atoms with van der Waals surface area (Å²) in [6.45, 7) is 14.4. The summed E-state index contributed by atoms with van der Waals surface area (Å²) in [4.78, 5) is 6.87. The fraction of sp³-hybridized carbons (Fsp3) is 0.333. The van der Waals surface area contributed by atoms with Crippen LogP contribution < -0.4 is 81.8 Å². The van der Waals surface area contributed by atoms with E-state index in [1.807, 2.05) is 92.0 Å². The Labute approximate surface area is 564 Å². The van der Waals surface area contributed by atoms with Crippen molar-refractivity contribution in [1.82, 2.24) is 26.2 Å². The minimum absolute atomic E-state index is 0. The number of rotatable bonds is 3. The molecule has 3 fully saturated rings. The molecule has 3 saturated heterocycles. The Morgan fingerprint density at radius 2 is 0.773 bits per heavy atom. The van der Waals surface area contributed by atoms with E-state index in [1.54, 1.807) is 0 Å². The van der Waals surface area contributed by atoms with Crippen LogP contribution >= 0.6 is 0 Å². The standard InChI is InChI=1S/3C19H21NO2.C18H19NO.K.H3N.H/c3*1-13-6-5-7-14-16-12-20(2)11-10-19(16,21)15-8-3-4-9-17(15)22-18(13)14;1-13-6-5-7-15-12-14(10-11-19-2)16-8-3-4-9-17(16)20-18(13)15;;;/h3*3-9,16,21H,10-12H2,1-2H3;3-9,12,19H,10-11H2,1-2H3;;1H3;/q;;;;+1;;-1. The molecular weight excluding hydrogens is 1120 g/mol. The van der Waals surface area contributed by atoms with Crippen molar-refractivity contribution in [2.24, 2.45) is 0 Å². The van der Waals surface area contributed by atoms with Crippen LogP contribution in [0.5, 0.6) is 46.0 Å². The normalized spacial score (nSPS) is 23.3. The number of nitrogens with one attached hydrogen (secondary N) is 1. The topological polar surface area (TPSA) is 154 Å². The Morgan fingerprint density at radius 3 is 1.16 bits per heavy atom. The fourth-order valence-corrected chi connectivity index (χ4v) is 14.2. The molecule has 0 amide bonds. The van der Waals surface area contributed by atoms with E-state index in [2.05, 4.69) is 160 Å². The van der Waals surface area contributed by atoms with Crippen molar-refractivity contribution in [3.8, 4) is 46.0 Å². The SMILES string of the molecule is CNCCC1=Cc2cccc(C)c2Oc2ccccc21.Cc1cccc2c1Oc1ccccc1C1(O)CCN(C)CC21.Cc1cccc2c1Oc1ccccc1C1(O)CCN(C)CC21.Cc1cccc2c1Oc1ccccc1C1(O)CCN(C)CC21.N.[H-].[K+]. The summed E-state index contributed by atoms with van der Waals surface area (Å²) in [5, 5.41) is 37.9. The molecule has 15 rings (SSSR count). The van der Waals surface area contributed by atoms with Gasteiger partial charge in [-0.3, -0.25) is 0 Å². The second kappa shape index (κ2) is 27.2. The molecular formula is C75H86KN5O7. The third kappa shape index (κ3) is 12.5. The van der Waals surface area contributed by atoms with E-state index in [0.717, 1.165) is 173 Å². The van der Waals surface area contributed by atoms with Gasteiger partial charge < -0.3 is 61.9 Å². The maximum Gasteiger partial charge on any atom is 1.00 e. The van der Waals surface area contributed by atoms with E-state index in [-0.39, 0.29) is 76.7 Å². The number of benzene rings is 8. The minimum atomic E-state index is -0.859. The van der Waals surface area contributed by atoms with Crippen LogP contribution in [0.1, 0.15) is 112 Å². The zero-order chi connectivity index (χ0) is 59.9. The molecule has 8 aromatic rings. The van der Waals surface area contributed by atoms with Crippen molar-refractivity contribution in [2.75, 3.05) is 74.0 Å². The van der Waals surface area contributed by atoms with E-state index in [4.69, 9.17) is 18.9 Å². The van der Waals surface area contributed by atoms with Gasteiger partial charge in [-0.1, -0.05) is 146 Å². The number of hydrogen-bond acceptors (Lipinski definition) is 12. The summed E-state index contributed by atoms with van der Waals surface area (Å²) < 4.78 is 24.9. The number of ether oxygens (including phenoxy) is 4. The maximum atomic E-state index is 11.6. The van der Waals surface area contributed by atoms with E-state index in [0.29, 0.717) is 0 Å². The molecule has 0 aliphatic carbocycles. The molecule has 454 valence electrons. The number of likely N-dealkylation sites (N-methyl/N-ethyl adjacent to an activating group) is 3. The average molecular weight is 1210 g/mol. The average Bonchev–Trinajstić information content (AvgIpc) is 1.73. The number of aryl methyl sites for hydroxylation is 4. The van der Waals surface area contributed by atoms with E-state index < -0.39 is 16.8 Å². The summed E-state index contributed by atoms with van der Waals surface area (Å²) in [5.41, 5.74) is 11.7. The van der Waals surface area contributed by atoms with Crippen molar-refractivity contribution in [1.29, 1.82) is 0 Å². The van der Waals surface area contributed by atoms with Crippen LogP contribution in [0, 0.1) is 27.7 Å². The van der Waals surface area contributed by atoms with Crippen LogP contribution in [-0.4, -0.2) is 104 Å². The van der Waals surface area contributed by atoms with Crippen LogP contribution in [0.4, 0.5) is 0 Å². The molecule has 0 radical (unpaired) electrons. The number of hydrogen-bond donors (Lipinski definition) is 5. The first-order valence-electron chi connectivity index (χ1n) is 30.6. The molecule has 12 nitrogen and oxygen atoms in total. The predicted molar refractivity (Wildman–Crippen MR) is 350 cm³/mol. The number of nitrogens with zero attached hydrogens (tertiary/aromatic N) is 3. The summed E-state index contributed by atoms with van der Waals surface area (Å²) >= 11 is 0. The zero-order valence-electron chi connectivity index (χ0n) is 53.8. The molecule has 13 heteroatoms. The first-order chi connectivity index (χ1) is 41.6. The second-order valence-corrected chi connectivity index (χ2v) is 24.9. The van der Waals surface area contributed by atoms with Crippen LogP contribution in [0.3, 0.4) is 0 Å². The number of para-hydroxylation sites is 8. The molecule has 6 atom stereocenters. The number of likely N-dealkylation sites (tertiary alicyclic amines) is 3. The van der Waals surface area contributed by atoms with Gasteiger partial charge in [-0.15, -0.1) is 0 Å². The van der Waals surface area contributed by atoms with Gasteiger partial charge in [0.05, 0.1) is 0 Å². The molecule has 8 aromatic carbocycles. The summed E-state index contributed by atoms with van der Waals surface area (Å²) in [5.74, 6) is 7.10. The van der Waals surface area contributed by atoms with Gasteiger partial charge in [0.15, 0.2) is 0 Å². The van der Waals surface area contributed by atoms with Crippen LogP contribution in [-0.2, 0) is 16.8 Å². The summed E-state index contributed by atoms with van der Waals surface area (Å²) in [6.07, 6.45) is 5.42. The van der Waals surface area contributed by atoms with Gasteiger partial charge in [-0.25, -0.2) is 0 Å². The molecule has 0 aromatic heterocycles. The van der Waals surface area contributed by atoms with Crippen molar-refractivity contribution in [3.63, 3.8) is 0 Å². The quantitative estimate of drug-likeness (QED) is 0.107. The van der Waals surface area contributed by atoms with Gasteiger partial charge in [0, 0.05) is 102 Å². The largest absolute Gasteiger partial charge is 1.00 e. The number of piperidine rings is 3. The third-order valence-corrected chi connectivity index (χ3v) is 19.0. The number of fused-ring (bicyclic) bond motifs is 17. The summed E-state index contributed by atoms with van der Waals surface area (Å²) in [6, 6.07) is 57.0. The van der Waals surface area contributed by atoms with E-state index in [1.165, 1.54) is 16.7 Å². The monoisotopic (exact) mass is 1210 g/mol. The number of aliphatic hydroxyl groups is 3. The molecule has 7 aliphatic heterocycles. The predicted octanol–water partition coefficient (Wildman–Crippen LogP) is 11.8. The van der Waals surface area contributed by atoms with Crippen LogP contribution in [0.2, 0.25) is 0 Å².